The third kappa shape index (κ3) is 1.33. The lowest BCUT2D eigenvalue weighted by atomic mass is 10.1. The molecule has 0 N–H and O–H groups in total. The zero-order chi connectivity index (χ0) is 8.39. The maximum atomic E-state index is 2.25. The first kappa shape index (κ1) is 7.35. The van der Waals surface area contributed by atoms with Crippen molar-refractivity contribution in [3.05, 3.63) is 53.6 Å². The van der Waals surface area contributed by atoms with E-state index in [1.54, 1.807) is 0 Å². The van der Waals surface area contributed by atoms with Crippen molar-refractivity contribution in [3.8, 4) is 0 Å². The monoisotopic (exact) mass is 156 g/mol. The van der Waals surface area contributed by atoms with E-state index >= 15 is 0 Å². The van der Waals surface area contributed by atoms with Gasteiger partial charge in [0, 0.05) is 0 Å². The molecule has 1 aliphatic rings. The first-order valence-electron chi connectivity index (χ1n) is 4.30. The molecule has 0 amide bonds. The van der Waals surface area contributed by atoms with Crippen LogP contribution in [0.1, 0.15) is 17.5 Å². The number of aryl methyl sites for hydroxylation is 1. The molecule has 0 saturated heterocycles. The number of hydrogen-bond acceptors (Lipinski definition) is 0. The minimum absolute atomic E-state index is 1.09. The van der Waals surface area contributed by atoms with Crippen LogP contribution in [0.4, 0.5) is 0 Å². The second-order valence-electron chi connectivity index (χ2n) is 3.16. The minimum Gasteiger partial charge on any atom is -0.0801 e. The predicted octanol–water partition coefficient (Wildman–Crippen LogP) is 3.34. The maximum Gasteiger partial charge on any atom is -0.0157 e. The van der Waals surface area contributed by atoms with Gasteiger partial charge in [-0.3, -0.25) is 0 Å². The first-order chi connectivity index (χ1) is 5.86. The summed E-state index contributed by atoms with van der Waals surface area (Å²) in [5, 5.41) is 0. The molecule has 12 heavy (non-hydrogen) atoms. The molecule has 0 aromatic heterocycles. The smallest absolute Gasteiger partial charge is 0.0157 e. The highest BCUT2D eigenvalue weighted by atomic mass is 14.0. The Morgan fingerprint density at radius 3 is 2.42 bits per heavy atom. The van der Waals surface area contributed by atoms with Crippen LogP contribution in [0.15, 0.2) is 42.5 Å². The lowest BCUT2D eigenvalue weighted by Crippen LogP contribution is -1.78. The van der Waals surface area contributed by atoms with Gasteiger partial charge in [-0.05, 0) is 24.5 Å². The number of rotatable bonds is 1. The summed E-state index contributed by atoms with van der Waals surface area (Å²) in [7, 11) is 0. The molecule has 0 bridgehead atoms. The summed E-state index contributed by atoms with van der Waals surface area (Å²) in [5.41, 5.74) is 4.01. The summed E-state index contributed by atoms with van der Waals surface area (Å²) in [6.45, 7) is 2.11. The highest BCUT2D eigenvalue weighted by Crippen LogP contribution is 2.21. The summed E-state index contributed by atoms with van der Waals surface area (Å²) >= 11 is 0. The highest BCUT2D eigenvalue weighted by molar-refractivity contribution is 5.76. The normalized spacial score (nSPS) is 14.9. The van der Waals surface area contributed by atoms with Crippen LogP contribution in [0.3, 0.4) is 0 Å². The summed E-state index contributed by atoms with van der Waals surface area (Å²) in [6, 6.07) is 8.66. The summed E-state index contributed by atoms with van der Waals surface area (Å²) in [6.07, 6.45) is 7.72. The Bertz CT molecular complexity index is 326. The van der Waals surface area contributed by atoms with Crippen LogP contribution in [0.25, 0.3) is 5.57 Å². The van der Waals surface area contributed by atoms with Gasteiger partial charge in [-0.25, -0.2) is 0 Å². The zero-order valence-corrected chi connectivity index (χ0v) is 7.25. The summed E-state index contributed by atoms with van der Waals surface area (Å²) in [5.74, 6) is 0. The second kappa shape index (κ2) is 2.98. The lowest BCUT2D eigenvalue weighted by Gasteiger charge is -1.99. The average molecular weight is 156 g/mol. The van der Waals surface area contributed by atoms with Crippen molar-refractivity contribution < 1.29 is 0 Å². The Morgan fingerprint density at radius 1 is 1.08 bits per heavy atom. The third-order valence-corrected chi connectivity index (χ3v) is 2.16. The Morgan fingerprint density at radius 2 is 1.83 bits per heavy atom. The van der Waals surface area contributed by atoms with Crippen molar-refractivity contribution in [3.63, 3.8) is 0 Å². The molecule has 0 unspecified atom stereocenters. The van der Waals surface area contributed by atoms with Crippen molar-refractivity contribution >= 4 is 5.57 Å². The van der Waals surface area contributed by atoms with Crippen LogP contribution in [0.5, 0.6) is 0 Å². The molecule has 0 atom stereocenters. The van der Waals surface area contributed by atoms with Crippen molar-refractivity contribution in [2.45, 2.75) is 13.3 Å². The molecule has 0 heterocycles. The van der Waals surface area contributed by atoms with Crippen LogP contribution in [-0.4, -0.2) is 0 Å². The van der Waals surface area contributed by atoms with E-state index in [2.05, 4.69) is 49.4 Å². The molecule has 2 rings (SSSR count). The molecule has 60 valence electrons. The maximum absolute atomic E-state index is 2.25. The van der Waals surface area contributed by atoms with E-state index in [-0.39, 0.29) is 0 Å². The Hall–Kier alpha value is -1.30. The van der Waals surface area contributed by atoms with Crippen LogP contribution in [0, 0.1) is 6.92 Å². The molecular weight excluding hydrogens is 144 g/mol. The van der Waals surface area contributed by atoms with Crippen LogP contribution in [-0.2, 0) is 0 Å². The Balaban J connectivity index is 2.35. The largest absolute Gasteiger partial charge is 0.0801 e. The molecule has 1 aromatic rings. The number of benzene rings is 1. The van der Waals surface area contributed by atoms with Gasteiger partial charge >= 0.3 is 0 Å². The van der Waals surface area contributed by atoms with E-state index in [1.807, 2.05) is 0 Å². The molecule has 0 nitrogen and oxygen atoms in total. The fourth-order valence-corrected chi connectivity index (χ4v) is 1.42. The zero-order valence-electron chi connectivity index (χ0n) is 7.25. The van der Waals surface area contributed by atoms with Crippen LogP contribution in [0.2, 0.25) is 0 Å². The summed E-state index contributed by atoms with van der Waals surface area (Å²) in [4.78, 5) is 0. The SMILES string of the molecule is Cc1ccc(C2=CCC=C2)cc1. The minimum atomic E-state index is 1.09. The van der Waals surface area contributed by atoms with Crippen molar-refractivity contribution in [2.24, 2.45) is 0 Å². The van der Waals surface area contributed by atoms with Gasteiger partial charge in [0.25, 0.3) is 0 Å². The average Bonchev–Trinajstić information content (AvgIpc) is 2.58. The van der Waals surface area contributed by atoms with Gasteiger partial charge in [-0.1, -0.05) is 48.1 Å². The molecule has 0 saturated carbocycles. The lowest BCUT2D eigenvalue weighted by molar-refractivity contribution is 1.44. The van der Waals surface area contributed by atoms with Crippen molar-refractivity contribution in [1.29, 1.82) is 0 Å². The standard InChI is InChI=1S/C12H12/c1-10-6-8-12(9-7-10)11-4-2-3-5-11/h2,4-9H,3H2,1H3. The van der Waals surface area contributed by atoms with Gasteiger partial charge in [0.1, 0.15) is 0 Å². The number of hydrogen-bond donors (Lipinski definition) is 0. The van der Waals surface area contributed by atoms with Gasteiger partial charge in [-0.15, -0.1) is 0 Å². The fourth-order valence-electron chi connectivity index (χ4n) is 1.42. The fraction of sp³-hybridized carbons (Fsp3) is 0.167. The van der Waals surface area contributed by atoms with Gasteiger partial charge < -0.3 is 0 Å². The molecule has 1 aliphatic carbocycles. The van der Waals surface area contributed by atoms with Gasteiger partial charge in [0.05, 0.1) is 0 Å². The van der Waals surface area contributed by atoms with E-state index < -0.39 is 0 Å². The quantitative estimate of drug-likeness (QED) is 0.585. The van der Waals surface area contributed by atoms with Crippen LogP contribution < -0.4 is 0 Å². The van der Waals surface area contributed by atoms with Crippen molar-refractivity contribution in [1.82, 2.24) is 0 Å². The predicted molar refractivity (Wildman–Crippen MR) is 52.9 cm³/mol. The van der Waals surface area contributed by atoms with E-state index in [0.29, 0.717) is 0 Å². The second-order valence-corrected chi connectivity index (χ2v) is 3.16. The van der Waals surface area contributed by atoms with E-state index in [0.717, 1.165) is 6.42 Å². The summed E-state index contributed by atoms with van der Waals surface area (Å²) < 4.78 is 0. The van der Waals surface area contributed by atoms with Gasteiger partial charge in [0.2, 0.25) is 0 Å². The Kier molecular flexibility index (Phi) is 1.83. The van der Waals surface area contributed by atoms with Crippen LogP contribution >= 0.6 is 0 Å². The highest BCUT2D eigenvalue weighted by Gasteiger charge is 1.99. The van der Waals surface area contributed by atoms with Gasteiger partial charge in [0.15, 0.2) is 0 Å². The Labute approximate surface area is 73.2 Å². The number of allylic oxidation sites excluding steroid dienone is 4. The molecule has 1 aromatic carbocycles. The van der Waals surface area contributed by atoms with E-state index in [9.17, 15) is 0 Å². The molecule has 0 aliphatic heterocycles. The first-order valence-corrected chi connectivity index (χ1v) is 4.30. The van der Waals surface area contributed by atoms with E-state index in [4.69, 9.17) is 0 Å². The molecule has 0 radical (unpaired) electrons. The third-order valence-electron chi connectivity index (χ3n) is 2.16. The molecule has 0 heteroatoms. The van der Waals surface area contributed by atoms with Crippen molar-refractivity contribution in [2.75, 3.05) is 0 Å². The molecule has 0 spiro atoms. The molecular formula is C12H12. The molecule has 0 fully saturated rings. The van der Waals surface area contributed by atoms with Gasteiger partial charge in [-0.2, -0.15) is 0 Å². The van der Waals surface area contributed by atoms with E-state index in [1.165, 1.54) is 16.7 Å². The topological polar surface area (TPSA) is 0 Å².